The van der Waals surface area contributed by atoms with E-state index in [0.717, 1.165) is 0 Å². The van der Waals surface area contributed by atoms with Crippen molar-refractivity contribution in [3.63, 3.8) is 0 Å². The van der Waals surface area contributed by atoms with Crippen molar-refractivity contribution in [2.45, 2.75) is 30.6 Å². The van der Waals surface area contributed by atoms with E-state index in [-0.39, 0.29) is 12.0 Å². The first-order valence-electron chi connectivity index (χ1n) is 4.27. The minimum Gasteiger partial charge on any atom is -0.390 e. The fourth-order valence-electron chi connectivity index (χ4n) is 0.738. The third-order valence-electron chi connectivity index (χ3n) is 1.51. The van der Waals surface area contributed by atoms with Gasteiger partial charge in [-0.25, -0.2) is 0 Å². The second-order valence-corrected chi connectivity index (χ2v) is 7.64. The smallest absolute Gasteiger partial charge is 0.390 e. The Morgan fingerprint density at radius 1 is 1.43 bits per heavy atom. The van der Waals surface area contributed by atoms with Crippen molar-refractivity contribution in [2.24, 2.45) is 0 Å². The first-order valence-corrected chi connectivity index (χ1v) is 7.11. The van der Waals surface area contributed by atoms with Gasteiger partial charge in [0.2, 0.25) is 5.91 Å². The van der Waals surface area contributed by atoms with Crippen LogP contribution in [0.2, 0.25) is 6.04 Å². The maximum absolute atomic E-state index is 11.3. The molecule has 0 aromatic heterocycles. The van der Waals surface area contributed by atoms with Gasteiger partial charge in [-0.3, -0.25) is 4.79 Å². The zero-order chi connectivity index (χ0) is 11.4. The van der Waals surface area contributed by atoms with Gasteiger partial charge in [0.1, 0.15) is 0 Å². The van der Waals surface area contributed by atoms with Gasteiger partial charge in [0.05, 0.1) is 4.32 Å². The van der Waals surface area contributed by atoms with Crippen LogP contribution in [0.15, 0.2) is 0 Å². The van der Waals surface area contributed by atoms with Crippen molar-refractivity contribution < 1.29 is 19.2 Å². The maximum atomic E-state index is 11.3. The predicted octanol–water partition coefficient (Wildman–Crippen LogP) is -0.418. The molecule has 1 amide bonds. The lowest BCUT2D eigenvalue weighted by Gasteiger charge is -2.16. The molecule has 0 aliphatic rings. The Kier molecular flexibility index (Phi) is 5.24. The number of halogens is 1. The number of carbonyl (C=O) groups excluding carboxylic acids is 1. The number of rotatable bonds is 5. The molecule has 0 aromatic carbocycles. The summed E-state index contributed by atoms with van der Waals surface area (Å²) in [6.45, 7) is 3.75. The van der Waals surface area contributed by atoms with Crippen molar-refractivity contribution in [3.05, 3.63) is 0 Å². The molecule has 0 rings (SSSR count). The highest BCUT2D eigenvalue weighted by atomic mass is 79.9. The van der Waals surface area contributed by atoms with E-state index in [4.69, 9.17) is 14.4 Å². The number of carbonyl (C=O) groups is 1. The third kappa shape index (κ3) is 7.45. The van der Waals surface area contributed by atoms with Crippen LogP contribution in [0.3, 0.4) is 0 Å². The van der Waals surface area contributed by atoms with Gasteiger partial charge in [-0.2, -0.15) is 0 Å². The molecule has 0 saturated heterocycles. The largest absolute Gasteiger partial charge is 0.492 e. The Morgan fingerprint density at radius 3 is 2.29 bits per heavy atom. The normalized spacial score (nSPS) is 12.7. The Morgan fingerprint density at radius 2 is 1.93 bits per heavy atom. The number of nitrogens with one attached hydrogen (secondary N) is 1. The van der Waals surface area contributed by atoms with Crippen molar-refractivity contribution in [3.8, 4) is 0 Å². The Hall–Kier alpha value is 0.0469. The third-order valence-corrected chi connectivity index (χ3v) is 2.90. The number of hydrogen-bond donors (Lipinski definition) is 4. The van der Waals surface area contributed by atoms with Crippen LogP contribution in [0.1, 0.15) is 20.3 Å². The molecule has 0 bridgehead atoms. The second kappa shape index (κ2) is 5.22. The Bertz CT molecular complexity index is 199. The van der Waals surface area contributed by atoms with Crippen molar-refractivity contribution in [2.75, 3.05) is 6.54 Å². The molecular weight excluding hydrogens is 270 g/mol. The molecule has 0 aromatic rings. The molecule has 0 fully saturated rings. The summed E-state index contributed by atoms with van der Waals surface area (Å²) in [7, 11) is -3.94. The van der Waals surface area contributed by atoms with Crippen molar-refractivity contribution >= 4 is 30.6 Å². The number of alkyl halides is 1. The first-order chi connectivity index (χ1) is 6.13. The quantitative estimate of drug-likeness (QED) is 0.314. The molecule has 0 aliphatic carbocycles. The van der Waals surface area contributed by atoms with Gasteiger partial charge < -0.3 is 19.7 Å². The topological polar surface area (TPSA) is 89.8 Å². The van der Waals surface area contributed by atoms with Crippen LogP contribution < -0.4 is 5.32 Å². The molecule has 5 nitrogen and oxygen atoms in total. The van der Waals surface area contributed by atoms with E-state index in [0.29, 0.717) is 13.0 Å². The van der Waals surface area contributed by atoms with Gasteiger partial charge in [0.25, 0.3) is 0 Å². The average molecular weight is 286 g/mol. The molecule has 0 aliphatic heterocycles. The fraction of sp³-hybridized carbons (Fsp3) is 0.857. The SMILES string of the molecule is CC(C)(Br)C(=O)NCCC[Si](O)(O)O. The zero-order valence-corrected chi connectivity index (χ0v) is 10.8. The molecular formula is C7H16BrNO4Si. The van der Waals surface area contributed by atoms with E-state index in [1.54, 1.807) is 13.8 Å². The van der Waals surface area contributed by atoms with Crippen LogP contribution in [0.4, 0.5) is 0 Å². The molecule has 84 valence electrons. The van der Waals surface area contributed by atoms with Gasteiger partial charge in [0.15, 0.2) is 0 Å². The number of amides is 1. The molecule has 0 atom stereocenters. The monoisotopic (exact) mass is 285 g/mol. The van der Waals surface area contributed by atoms with E-state index in [9.17, 15) is 4.79 Å². The predicted molar refractivity (Wildman–Crippen MR) is 57.9 cm³/mol. The second-order valence-electron chi connectivity index (χ2n) is 3.61. The van der Waals surface area contributed by atoms with Crippen LogP contribution in [0, 0.1) is 0 Å². The van der Waals surface area contributed by atoms with Crippen molar-refractivity contribution in [1.29, 1.82) is 0 Å². The summed E-state index contributed by atoms with van der Waals surface area (Å²) in [5.41, 5.74) is 0. The molecule has 14 heavy (non-hydrogen) atoms. The van der Waals surface area contributed by atoms with Gasteiger partial charge in [0, 0.05) is 12.6 Å². The van der Waals surface area contributed by atoms with E-state index in [2.05, 4.69) is 21.2 Å². The molecule has 0 spiro atoms. The molecule has 0 unspecified atom stereocenters. The lowest BCUT2D eigenvalue weighted by atomic mass is 10.2. The van der Waals surface area contributed by atoms with Crippen molar-refractivity contribution in [1.82, 2.24) is 5.32 Å². The summed E-state index contributed by atoms with van der Waals surface area (Å²) in [6, 6.07) is -0.0595. The maximum Gasteiger partial charge on any atom is 0.492 e. The summed E-state index contributed by atoms with van der Waals surface area (Å²) in [4.78, 5) is 37.3. The molecule has 0 radical (unpaired) electrons. The van der Waals surface area contributed by atoms with Crippen LogP contribution in [0.5, 0.6) is 0 Å². The summed E-state index contributed by atoms with van der Waals surface area (Å²) in [5, 5.41) is 2.60. The van der Waals surface area contributed by atoms with Crippen LogP contribution >= 0.6 is 15.9 Å². The van der Waals surface area contributed by atoms with E-state index in [1.165, 1.54) is 0 Å². The molecule has 0 heterocycles. The summed E-state index contributed by atoms with van der Waals surface area (Å²) in [5.74, 6) is -0.168. The molecule has 7 heteroatoms. The highest BCUT2D eigenvalue weighted by Crippen LogP contribution is 2.15. The van der Waals surface area contributed by atoms with E-state index in [1.807, 2.05) is 0 Å². The number of hydrogen-bond acceptors (Lipinski definition) is 4. The van der Waals surface area contributed by atoms with E-state index < -0.39 is 13.1 Å². The summed E-state index contributed by atoms with van der Waals surface area (Å²) >= 11 is 3.18. The van der Waals surface area contributed by atoms with Gasteiger partial charge in [-0.1, -0.05) is 15.9 Å². The summed E-state index contributed by atoms with van der Waals surface area (Å²) in [6.07, 6.45) is 0.352. The minimum absolute atomic E-state index is 0.0595. The zero-order valence-electron chi connectivity index (χ0n) is 8.25. The minimum atomic E-state index is -3.94. The highest BCUT2D eigenvalue weighted by Gasteiger charge is 2.26. The average Bonchev–Trinajstić information content (AvgIpc) is 1.93. The van der Waals surface area contributed by atoms with Crippen LogP contribution in [-0.4, -0.2) is 40.0 Å². The van der Waals surface area contributed by atoms with Crippen LogP contribution in [-0.2, 0) is 4.79 Å². The van der Waals surface area contributed by atoms with Crippen LogP contribution in [0.25, 0.3) is 0 Å². The molecule has 4 N–H and O–H groups in total. The first kappa shape index (κ1) is 14.0. The Labute approximate surface area is 92.6 Å². The lowest BCUT2D eigenvalue weighted by molar-refractivity contribution is -0.122. The lowest BCUT2D eigenvalue weighted by Crippen LogP contribution is -2.39. The van der Waals surface area contributed by atoms with Gasteiger partial charge in [-0.15, -0.1) is 0 Å². The van der Waals surface area contributed by atoms with Gasteiger partial charge >= 0.3 is 8.80 Å². The van der Waals surface area contributed by atoms with E-state index >= 15 is 0 Å². The highest BCUT2D eigenvalue weighted by molar-refractivity contribution is 9.10. The Balaban J connectivity index is 3.62. The van der Waals surface area contributed by atoms with Gasteiger partial charge in [-0.05, 0) is 20.3 Å². The molecule has 0 saturated carbocycles. The fourth-order valence-corrected chi connectivity index (χ4v) is 1.53. The standard InChI is InChI=1S/C7H16BrNO4Si/c1-7(2,8)6(10)9-4-3-5-14(11,12)13/h11-13H,3-5H2,1-2H3,(H,9,10). The summed E-state index contributed by atoms with van der Waals surface area (Å²) < 4.78 is -0.626.